The van der Waals surface area contributed by atoms with Gasteiger partial charge in [-0.2, -0.15) is 5.10 Å². The first kappa shape index (κ1) is 13.7. The fraction of sp³-hybridized carbons (Fsp3) is 0.400. The number of halogens is 1. The highest BCUT2D eigenvalue weighted by Gasteiger charge is 2.04. The fourth-order valence-electron chi connectivity index (χ4n) is 1.88. The maximum atomic E-state index is 13.5. The molecule has 0 spiro atoms. The Hall–Kier alpha value is -1.68. The Morgan fingerprint density at radius 3 is 2.79 bits per heavy atom. The molecule has 3 nitrogen and oxygen atoms in total. The first-order valence-electron chi connectivity index (χ1n) is 6.61. The van der Waals surface area contributed by atoms with Gasteiger partial charge < -0.3 is 5.32 Å². The Balaban J connectivity index is 1.92. The second-order valence-corrected chi connectivity index (χ2v) is 5.12. The molecule has 2 aromatic rings. The molecule has 1 aromatic heterocycles. The molecule has 19 heavy (non-hydrogen) atoms. The molecule has 0 saturated carbocycles. The lowest BCUT2D eigenvalue weighted by molar-refractivity contribution is 0.540. The zero-order chi connectivity index (χ0) is 13.7. The number of nitrogens with zero attached hydrogens (tertiary/aromatic N) is 2. The fourth-order valence-corrected chi connectivity index (χ4v) is 1.88. The first-order chi connectivity index (χ1) is 9.15. The van der Waals surface area contributed by atoms with E-state index < -0.39 is 0 Å². The number of benzene rings is 1. The van der Waals surface area contributed by atoms with Crippen LogP contribution in [-0.2, 0) is 13.1 Å². The minimum Gasteiger partial charge on any atom is -0.311 e. The number of hydrogen-bond donors (Lipinski definition) is 1. The highest BCUT2D eigenvalue weighted by Crippen LogP contribution is 2.08. The van der Waals surface area contributed by atoms with E-state index in [-0.39, 0.29) is 5.82 Å². The molecule has 0 bridgehead atoms. The van der Waals surface area contributed by atoms with Gasteiger partial charge in [0.2, 0.25) is 0 Å². The van der Waals surface area contributed by atoms with Gasteiger partial charge in [-0.3, -0.25) is 4.68 Å². The minimum absolute atomic E-state index is 0.183. The Kier molecular flexibility index (Phi) is 4.68. The average molecular weight is 261 g/mol. The van der Waals surface area contributed by atoms with Crippen molar-refractivity contribution >= 4 is 0 Å². The van der Waals surface area contributed by atoms with E-state index in [0.717, 1.165) is 18.8 Å². The second-order valence-electron chi connectivity index (χ2n) is 5.12. The van der Waals surface area contributed by atoms with Gasteiger partial charge in [0.25, 0.3) is 0 Å². The lowest BCUT2D eigenvalue weighted by Crippen LogP contribution is -2.19. The van der Waals surface area contributed by atoms with Gasteiger partial charge in [-0.05, 0) is 24.6 Å². The number of rotatable bonds is 6. The molecule has 0 amide bonds. The molecule has 1 heterocycles. The molecule has 0 fully saturated rings. The van der Waals surface area contributed by atoms with E-state index in [1.54, 1.807) is 16.8 Å². The smallest absolute Gasteiger partial charge is 0.128 e. The molecular formula is C15H20FN3. The molecule has 1 N–H and O–H groups in total. The summed E-state index contributed by atoms with van der Waals surface area (Å²) in [4.78, 5) is 0. The summed E-state index contributed by atoms with van der Waals surface area (Å²) in [6.07, 6.45) is 1.89. The van der Waals surface area contributed by atoms with Crippen LogP contribution in [0.25, 0.3) is 0 Å². The Morgan fingerprint density at radius 1 is 1.26 bits per heavy atom. The van der Waals surface area contributed by atoms with E-state index in [2.05, 4.69) is 24.3 Å². The Morgan fingerprint density at radius 2 is 2.05 bits per heavy atom. The van der Waals surface area contributed by atoms with Gasteiger partial charge in [-0.1, -0.05) is 32.0 Å². The number of nitrogens with one attached hydrogen (secondary N) is 1. The molecular weight excluding hydrogens is 241 g/mol. The molecule has 0 aliphatic carbocycles. The monoisotopic (exact) mass is 261 g/mol. The predicted molar refractivity (Wildman–Crippen MR) is 74.3 cm³/mol. The lowest BCUT2D eigenvalue weighted by atomic mass is 10.2. The zero-order valence-electron chi connectivity index (χ0n) is 11.4. The molecule has 1 aromatic carbocycles. The highest BCUT2D eigenvalue weighted by atomic mass is 19.1. The first-order valence-corrected chi connectivity index (χ1v) is 6.61. The third-order valence-corrected chi connectivity index (χ3v) is 2.84. The summed E-state index contributed by atoms with van der Waals surface area (Å²) in [5.41, 5.74) is 1.64. The molecule has 0 unspecified atom stereocenters. The summed E-state index contributed by atoms with van der Waals surface area (Å²) in [6, 6.07) is 8.77. The van der Waals surface area contributed by atoms with Crippen molar-refractivity contribution in [3.63, 3.8) is 0 Å². The highest BCUT2D eigenvalue weighted by molar-refractivity contribution is 5.17. The van der Waals surface area contributed by atoms with E-state index in [1.807, 2.05) is 18.3 Å². The quantitative estimate of drug-likeness (QED) is 0.866. The van der Waals surface area contributed by atoms with Gasteiger partial charge >= 0.3 is 0 Å². The van der Waals surface area contributed by atoms with Crippen molar-refractivity contribution in [1.82, 2.24) is 15.1 Å². The van der Waals surface area contributed by atoms with Crippen LogP contribution in [0.4, 0.5) is 4.39 Å². The van der Waals surface area contributed by atoms with Crippen LogP contribution in [0.1, 0.15) is 25.1 Å². The van der Waals surface area contributed by atoms with E-state index in [4.69, 9.17) is 0 Å². The summed E-state index contributed by atoms with van der Waals surface area (Å²) in [5, 5.41) is 7.77. The standard InChI is InChI=1S/C15H20FN3/c1-12(2)9-17-10-14-7-8-19(18-14)11-13-5-3-4-6-15(13)16/h3-8,12,17H,9-11H2,1-2H3. The number of aromatic nitrogens is 2. The topological polar surface area (TPSA) is 29.9 Å². The third-order valence-electron chi connectivity index (χ3n) is 2.84. The third kappa shape index (κ3) is 4.17. The van der Waals surface area contributed by atoms with Crippen molar-refractivity contribution in [2.75, 3.05) is 6.54 Å². The van der Waals surface area contributed by atoms with Crippen molar-refractivity contribution in [3.05, 3.63) is 53.6 Å². The summed E-state index contributed by atoms with van der Waals surface area (Å²) < 4.78 is 15.3. The van der Waals surface area contributed by atoms with Gasteiger partial charge in [0, 0.05) is 18.3 Å². The second kappa shape index (κ2) is 6.48. The number of hydrogen-bond acceptors (Lipinski definition) is 2. The average Bonchev–Trinajstić information content (AvgIpc) is 2.79. The van der Waals surface area contributed by atoms with Crippen molar-refractivity contribution in [2.45, 2.75) is 26.9 Å². The van der Waals surface area contributed by atoms with Crippen molar-refractivity contribution in [1.29, 1.82) is 0 Å². The van der Waals surface area contributed by atoms with Crippen molar-refractivity contribution in [3.8, 4) is 0 Å². The van der Waals surface area contributed by atoms with Crippen LogP contribution < -0.4 is 5.32 Å². The van der Waals surface area contributed by atoms with Gasteiger partial charge in [-0.15, -0.1) is 0 Å². The largest absolute Gasteiger partial charge is 0.311 e. The van der Waals surface area contributed by atoms with Crippen molar-refractivity contribution < 1.29 is 4.39 Å². The molecule has 0 saturated heterocycles. The summed E-state index contributed by atoms with van der Waals surface area (Å²) in [7, 11) is 0. The normalized spacial score (nSPS) is 11.2. The lowest BCUT2D eigenvalue weighted by Gasteiger charge is -2.05. The Bertz CT molecular complexity index is 520. The molecule has 4 heteroatoms. The van der Waals surface area contributed by atoms with E-state index >= 15 is 0 Å². The molecule has 0 atom stereocenters. The molecule has 0 radical (unpaired) electrons. The van der Waals surface area contributed by atoms with Gasteiger partial charge in [-0.25, -0.2) is 4.39 Å². The van der Waals surface area contributed by atoms with Crippen LogP contribution in [0.2, 0.25) is 0 Å². The molecule has 0 aliphatic rings. The Labute approximate surface area is 113 Å². The van der Waals surface area contributed by atoms with Crippen LogP contribution in [-0.4, -0.2) is 16.3 Å². The van der Waals surface area contributed by atoms with Gasteiger partial charge in [0.05, 0.1) is 12.2 Å². The van der Waals surface area contributed by atoms with Crippen LogP contribution >= 0.6 is 0 Å². The molecule has 2 rings (SSSR count). The van der Waals surface area contributed by atoms with Crippen LogP contribution in [0.5, 0.6) is 0 Å². The zero-order valence-corrected chi connectivity index (χ0v) is 11.4. The minimum atomic E-state index is -0.183. The summed E-state index contributed by atoms with van der Waals surface area (Å²) in [6.45, 7) is 6.53. The van der Waals surface area contributed by atoms with Crippen molar-refractivity contribution in [2.24, 2.45) is 5.92 Å². The maximum Gasteiger partial charge on any atom is 0.128 e. The van der Waals surface area contributed by atoms with Crippen LogP contribution in [0.3, 0.4) is 0 Å². The molecule has 0 aliphatic heterocycles. The predicted octanol–water partition coefficient (Wildman–Crippen LogP) is 2.82. The van der Waals surface area contributed by atoms with Gasteiger partial charge in [0.1, 0.15) is 5.82 Å². The maximum absolute atomic E-state index is 13.5. The van der Waals surface area contributed by atoms with Crippen LogP contribution in [0.15, 0.2) is 36.5 Å². The summed E-state index contributed by atoms with van der Waals surface area (Å²) in [5.74, 6) is 0.443. The van der Waals surface area contributed by atoms with E-state index in [1.165, 1.54) is 6.07 Å². The summed E-state index contributed by atoms with van der Waals surface area (Å²) >= 11 is 0. The van der Waals surface area contributed by atoms with Gasteiger partial charge in [0.15, 0.2) is 0 Å². The van der Waals surface area contributed by atoms with E-state index in [0.29, 0.717) is 18.0 Å². The molecule has 102 valence electrons. The van der Waals surface area contributed by atoms with E-state index in [9.17, 15) is 4.39 Å². The SMILES string of the molecule is CC(C)CNCc1ccn(Cc2ccccc2F)n1. The van der Waals surface area contributed by atoms with Crippen LogP contribution in [0, 0.1) is 11.7 Å².